The summed E-state index contributed by atoms with van der Waals surface area (Å²) in [7, 11) is 0. The molecule has 4 bridgehead atoms. The van der Waals surface area contributed by atoms with E-state index in [2.05, 4.69) is 91.1 Å². The van der Waals surface area contributed by atoms with Gasteiger partial charge in [0.25, 0.3) is 0 Å². The summed E-state index contributed by atoms with van der Waals surface area (Å²) in [6.07, 6.45) is 3.39. The molecule has 0 aliphatic heterocycles. The highest BCUT2D eigenvalue weighted by Crippen LogP contribution is 2.54. The fraction of sp³-hybridized carbons (Fsp3) is 0.133. The Morgan fingerprint density at radius 1 is 0.673 bits per heavy atom. The number of fused-ring (bicyclic) bond motifs is 4. The normalized spacial score (nSPS) is 16.6. The van der Waals surface area contributed by atoms with Crippen LogP contribution in [0.5, 0.6) is 5.75 Å². The lowest BCUT2D eigenvalue weighted by atomic mass is 9.78. The van der Waals surface area contributed by atoms with Crippen molar-refractivity contribution < 1.29 is 9.52 Å². The van der Waals surface area contributed by atoms with Gasteiger partial charge in [-0.15, -0.1) is 0 Å². The summed E-state index contributed by atoms with van der Waals surface area (Å²) in [5, 5.41) is 20.9. The third-order valence-corrected chi connectivity index (χ3v) is 10.4. The quantitative estimate of drug-likeness (QED) is 0.185. The molecule has 1 heterocycles. The molecule has 0 spiro atoms. The predicted octanol–water partition coefficient (Wildman–Crippen LogP) is 11.1. The second kappa shape index (κ2) is 11.8. The maximum Gasteiger partial charge on any atom is 0.212 e. The minimum absolute atomic E-state index is 0.0726. The molecule has 2 aliphatic carbocycles. The van der Waals surface area contributed by atoms with Crippen LogP contribution in [-0.2, 0) is 12.0 Å². The van der Waals surface area contributed by atoms with Gasteiger partial charge in [-0.05, 0) is 81.9 Å². The van der Waals surface area contributed by atoms with Gasteiger partial charge in [0.1, 0.15) is 11.4 Å². The van der Waals surface area contributed by atoms with Crippen molar-refractivity contribution >= 4 is 32.3 Å². The summed E-state index contributed by atoms with van der Waals surface area (Å²) >= 11 is 0. The van der Waals surface area contributed by atoms with E-state index in [9.17, 15) is 5.11 Å². The van der Waals surface area contributed by atoms with E-state index in [4.69, 9.17) is 9.40 Å². The van der Waals surface area contributed by atoms with Crippen LogP contribution in [0.1, 0.15) is 48.4 Å². The number of hydrogen-bond donors (Lipinski definition) is 2. The second-order valence-corrected chi connectivity index (χ2v) is 13.2. The molecule has 7 aromatic carbocycles. The molecule has 0 saturated heterocycles. The molecule has 2 unspecified atom stereocenters. The van der Waals surface area contributed by atoms with E-state index in [1.807, 2.05) is 60.7 Å². The van der Waals surface area contributed by atoms with Crippen LogP contribution in [0.3, 0.4) is 0 Å². The summed E-state index contributed by atoms with van der Waals surface area (Å²) < 4.78 is 6.59. The largest absolute Gasteiger partial charge is 0.507 e. The molecule has 1 aromatic heterocycles. The van der Waals surface area contributed by atoms with Gasteiger partial charge >= 0.3 is 0 Å². The maximum absolute atomic E-state index is 9.37. The third-order valence-electron chi connectivity index (χ3n) is 10.4. The van der Waals surface area contributed by atoms with Crippen LogP contribution >= 0.6 is 0 Å². The maximum atomic E-state index is 9.37. The number of oxazole rings is 1. The first-order valence-electron chi connectivity index (χ1n) is 17.1. The smallest absolute Gasteiger partial charge is 0.212 e. The van der Waals surface area contributed by atoms with Gasteiger partial charge in [-0.2, -0.15) is 0 Å². The van der Waals surface area contributed by atoms with Crippen molar-refractivity contribution in [1.29, 1.82) is 0 Å². The van der Waals surface area contributed by atoms with Crippen molar-refractivity contribution in [1.82, 2.24) is 10.3 Å². The minimum Gasteiger partial charge on any atom is -0.507 e. The topological polar surface area (TPSA) is 58.3 Å². The van der Waals surface area contributed by atoms with Crippen molar-refractivity contribution in [3.63, 3.8) is 0 Å². The molecule has 0 fully saturated rings. The standard InChI is InChI=1S/C35H28N2O.C10H8O/c1-22(34-36-32(23-11-4-2-5-12-23)33(38-34)24-13-6-3-7-14-24)37-35-20-10-17-28-29(35)19-18-27-26-16-9-8-15-25(26)21-30(35)31(27)28;11-10-7-3-5-8-4-1-2-6-9(8)10/h2-9,11-16,18-19,21-22,37H,10,17,20H2,1H3;1-7,11H. The molecule has 4 nitrogen and oxygen atoms in total. The zero-order valence-corrected chi connectivity index (χ0v) is 27.4. The van der Waals surface area contributed by atoms with Crippen LogP contribution in [0.2, 0.25) is 0 Å². The van der Waals surface area contributed by atoms with E-state index >= 15 is 0 Å². The summed E-state index contributed by atoms with van der Waals surface area (Å²) in [5.41, 5.74) is 7.16. The van der Waals surface area contributed by atoms with E-state index in [1.165, 1.54) is 44.7 Å². The summed E-state index contributed by atoms with van der Waals surface area (Å²) in [6, 6.07) is 49.8. The zero-order chi connectivity index (χ0) is 33.0. The Morgan fingerprint density at radius 2 is 1.35 bits per heavy atom. The second-order valence-electron chi connectivity index (χ2n) is 13.2. The van der Waals surface area contributed by atoms with Gasteiger partial charge in [-0.1, -0.05) is 133 Å². The molecule has 10 rings (SSSR count). The number of aromatic nitrogens is 1. The Hall–Kier alpha value is -5.71. The fourth-order valence-electron chi connectivity index (χ4n) is 8.18. The number of aryl methyl sites for hydroxylation is 1. The lowest BCUT2D eigenvalue weighted by Crippen LogP contribution is -2.44. The van der Waals surface area contributed by atoms with E-state index < -0.39 is 0 Å². The molecule has 2 aliphatic rings. The third kappa shape index (κ3) is 4.82. The van der Waals surface area contributed by atoms with Gasteiger partial charge in [0, 0.05) is 16.5 Å². The van der Waals surface area contributed by atoms with Crippen molar-refractivity contribution in [3.05, 3.63) is 168 Å². The molecular formula is C45H36N2O2. The van der Waals surface area contributed by atoms with Crippen LogP contribution in [-0.4, -0.2) is 10.1 Å². The fourth-order valence-corrected chi connectivity index (χ4v) is 8.18. The Morgan fingerprint density at radius 3 is 2.12 bits per heavy atom. The predicted molar refractivity (Wildman–Crippen MR) is 200 cm³/mol. The van der Waals surface area contributed by atoms with Gasteiger partial charge in [0.15, 0.2) is 5.76 Å². The van der Waals surface area contributed by atoms with E-state index in [1.54, 1.807) is 6.07 Å². The van der Waals surface area contributed by atoms with E-state index in [-0.39, 0.29) is 11.6 Å². The molecule has 0 radical (unpaired) electrons. The van der Waals surface area contributed by atoms with Crippen LogP contribution in [0.15, 0.2) is 150 Å². The zero-order valence-electron chi connectivity index (χ0n) is 27.4. The van der Waals surface area contributed by atoms with Crippen molar-refractivity contribution in [2.45, 2.75) is 37.8 Å². The van der Waals surface area contributed by atoms with Crippen LogP contribution in [0.25, 0.3) is 54.9 Å². The average molecular weight is 637 g/mol. The number of phenolic OH excluding ortho intramolecular Hbond substituents is 1. The number of phenols is 1. The summed E-state index contributed by atoms with van der Waals surface area (Å²) in [6.45, 7) is 2.19. The molecule has 0 amide bonds. The molecule has 238 valence electrons. The summed E-state index contributed by atoms with van der Waals surface area (Å²) in [4.78, 5) is 5.11. The number of rotatable bonds is 5. The lowest BCUT2D eigenvalue weighted by Gasteiger charge is -2.37. The first kappa shape index (κ1) is 29.4. The monoisotopic (exact) mass is 636 g/mol. The molecule has 4 heteroatoms. The van der Waals surface area contributed by atoms with Crippen molar-refractivity contribution in [2.24, 2.45) is 0 Å². The van der Waals surface area contributed by atoms with E-state index in [0.717, 1.165) is 52.1 Å². The van der Waals surface area contributed by atoms with Crippen LogP contribution < -0.4 is 5.32 Å². The van der Waals surface area contributed by atoms with Crippen molar-refractivity contribution in [2.75, 3.05) is 0 Å². The highest BCUT2D eigenvalue weighted by molar-refractivity contribution is 6.12. The van der Waals surface area contributed by atoms with Gasteiger partial charge in [0.2, 0.25) is 5.89 Å². The first-order chi connectivity index (χ1) is 24.1. The number of hydrogen-bond acceptors (Lipinski definition) is 4. The number of aromatic hydroxyl groups is 1. The van der Waals surface area contributed by atoms with Crippen molar-refractivity contribution in [3.8, 4) is 28.3 Å². The molecular weight excluding hydrogens is 601 g/mol. The van der Waals surface area contributed by atoms with Gasteiger partial charge < -0.3 is 9.52 Å². The van der Waals surface area contributed by atoms with Gasteiger partial charge in [-0.25, -0.2) is 4.98 Å². The lowest BCUT2D eigenvalue weighted by molar-refractivity contribution is 0.294. The Kier molecular flexibility index (Phi) is 7.07. The Labute approximate surface area is 285 Å². The summed E-state index contributed by atoms with van der Waals surface area (Å²) in [5.74, 6) is 1.90. The molecule has 2 N–H and O–H groups in total. The molecule has 49 heavy (non-hydrogen) atoms. The van der Waals surface area contributed by atoms with E-state index in [0.29, 0.717) is 5.75 Å². The Bertz CT molecular complexity index is 2420. The van der Waals surface area contributed by atoms with Crippen LogP contribution in [0, 0.1) is 0 Å². The molecule has 0 saturated carbocycles. The number of benzene rings is 7. The van der Waals surface area contributed by atoms with Gasteiger partial charge in [0.05, 0.1) is 11.6 Å². The highest BCUT2D eigenvalue weighted by atomic mass is 16.4. The average Bonchev–Trinajstić information content (AvgIpc) is 3.63. The first-order valence-corrected chi connectivity index (χ1v) is 17.1. The molecule has 2 atom stereocenters. The number of nitrogens with zero attached hydrogens (tertiary/aromatic N) is 1. The highest BCUT2D eigenvalue weighted by Gasteiger charge is 2.46. The minimum atomic E-state index is -0.220. The number of nitrogens with one attached hydrogen (secondary N) is 1. The SMILES string of the molecule is CC(NC12CCCc3c1ccc1c3c2cc2ccccc21)c1nc(-c2ccccc2)c(-c2ccccc2)o1.Oc1cccc2ccccc12. The Balaban J connectivity index is 0.000000251. The van der Waals surface area contributed by atoms with Gasteiger partial charge in [-0.3, -0.25) is 5.32 Å². The molecule has 8 aromatic rings. The van der Waals surface area contributed by atoms with Crippen LogP contribution in [0.4, 0.5) is 0 Å².